The zero-order chi connectivity index (χ0) is 12.4. The Balaban J connectivity index is 1.81. The van der Waals surface area contributed by atoms with Crippen LogP contribution < -0.4 is 5.73 Å². The second-order valence-electron chi connectivity index (χ2n) is 5.62. The lowest BCUT2D eigenvalue weighted by molar-refractivity contribution is 0.250. The van der Waals surface area contributed by atoms with Crippen LogP contribution in [0.4, 0.5) is 0 Å². The van der Waals surface area contributed by atoms with Crippen LogP contribution in [0, 0.1) is 5.41 Å². The van der Waals surface area contributed by atoms with E-state index in [1.807, 2.05) is 0 Å². The summed E-state index contributed by atoms with van der Waals surface area (Å²) in [5.41, 5.74) is 7.62. The van der Waals surface area contributed by atoms with Crippen LogP contribution in [0.15, 0.2) is 17.8 Å². The Kier molecular flexibility index (Phi) is 3.39. The number of aromatic nitrogens is 2. The van der Waals surface area contributed by atoms with E-state index in [1.165, 1.54) is 44.2 Å². The molecule has 0 unspecified atom stereocenters. The molecule has 3 nitrogen and oxygen atoms in total. The van der Waals surface area contributed by atoms with E-state index in [1.54, 1.807) is 11.3 Å². The molecule has 1 fully saturated rings. The van der Waals surface area contributed by atoms with Gasteiger partial charge in [-0.25, -0.2) is 4.98 Å². The summed E-state index contributed by atoms with van der Waals surface area (Å²) in [4.78, 5) is 5.82. The average molecular weight is 263 g/mol. The van der Waals surface area contributed by atoms with Crippen LogP contribution in [0.1, 0.15) is 44.2 Å². The second kappa shape index (κ2) is 5.02. The van der Waals surface area contributed by atoms with Gasteiger partial charge in [-0.2, -0.15) is 0 Å². The van der Waals surface area contributed by atoms with Crippen LogP contribution in [0.5, 0.6) is 0 Å². The number of hydrogen-bond donors (Lipinski definition) is 1. The minimum Gasteiger partial charge on any atom is -0.330 e. The lowest BCUT2D eigenvalue weighted by Gasteiger charge is -2.30. The lowest BCUT2D eigenvalue weighted by atomic mass is 9.77. The fourth-order valence-electron chi connectivity index (χ4n) is 3.18. The highest BCUT2D eigenvalue weighted by Crippen LogP contribution is 2.37. The Morgan fingerprint density at radius 1 is 1.28 bits per heavy atom. The van der Waals surface area contributed by atoms with Gasteiger partial charge in [0, 0.05) is 17.8 Å². The van der Waals surface area contributed by atoms with Crippen molar-refractivity contribution in [1.82, 2.24) is 9.38 Å². The molecule has 3 rings (SSSR count). The topological polar surface area (TPSA) is 43.3 Å². The van der Waals surface area contributed by atoms with Crippen molar-refractivity contribution in [2.45, 2.75) is 44.9 Å². The summed E-state index contributed by atoms with van der Waals surface area (Å²) in [6.45, 7) is 0.804. The van der Waals surface area contributed by atoms with E-state index in [0.717, 1.165) is 17.9 Å². The van der Waals surface area contributed by atoms with Crippen molar-refractivity contribution in [3.63, 3.8) is 0 Å². The number of imidazole rings is 1. The highest BCUT2D eigenvalue weighted by atomic mass is 32.1. The van der Waals surface area contributed by atoms with E-state index in [-0.39, 0.29) is 0 Å². The van der Waals surface area contributed by atoms with Crippen molar-refractivity contribution in [2.75, 3.05) is 6.54 Å². The predicted molar refractivity (Wildman–Crippen MR) is 76.0 cm³/mol. The van der Waals surface area contributed by atoms with E-state index < -0.39 is 0 Å². The molecule has 2 aromatic heterocycles. The third-order valence-electron chi connectivity index (χ3n) is 4.30. The Morgan fingerprint density at radius 3 is 2.72 bits per heavy atom. The summed E-state index contributed by atoms with van der Waals surface area (Å²) in [6.07, 6.45) is 13.3. The monoisotopic (exact) mass is 263 g/mol. The van der Waals surface area contributed by atoms with E-state index in [9.17, 15) is 0 Å². The number of nitrogens with zero attached hydrogens (tertiary/aromatic N) is 2. The number of nitrogens with two attached hydrogens (primary N) is 1. The van der Waals surface area contributed by atoms with Crippen molar-refractivity contribution < 1.29 is 0 Å². The third kappa shape index (κ3) is 2.31. The zero-order valence-corrected chi connectivity index (χ0v) is 11.6. The molecule has 4 heteroatoms. The van der Waals surface area contributed by atoms with Gasteiger partial charge < -0.3 is 5.73 Å². The molecule has 1 aliphatic carbocycles. The van der Waals surface area contributed by atoms with Crippen LogP contribution in [0.2, 0.25) is 0 Å². The van der Waals surface area contributed by atoms with Crippen molar-refractivity contribution in [3.8, 4) is 0 Å². The first kappa shape index (κ1) is 12.2. The molecule has 0 aromatic carbocycles. The number of hydrogen-bond acceptors (Lipinski definition) is 3. The van der Waals surface area contributed by atoms with E-state index in [2.05, 4.69) is 22.2 Å². The van der Waals surface area contributed by atoms with Gasteiger partial charge in [0.1, 0.15) is 0 Å². The lowest BCUT2D eigenvalue weighted by Crippen LogP contribution is -2.32. The maximum atomic E-state index is 6.09. The standard InChI is InChI=1S/C14H21N3S/c15-11-14(5-3-1-2-4-6-14)9-12-10-17-7-8-18-13(17)16-12/h7-8,10H,1-6,9,11,15H2. The van der Waals surface area contributed by atoms with Crippen LogP contribution in [-0.2, 0) is 6.42 Å². The highest BCUT2D eigenvalue weighted by Gasteiger charge is 2.30. The zero-order valence-electron chi connectivity index (χ0n) is 10.8. The van der Waals surface area contributed by atoms with Crippen LogP contribution >= 0.6 is 11.3 Å². The number of thiazole rings is 1. The summed E-state index contributed by atoms with van der Waals surface area (Å²) in [7, 11) is 0. The fourth-order valence-corrected chi connectivity index (χ4v) is 3.90. The molecular formula is C14H21N3S. The van der Waals surface area contributed by atoms with Gasteiger partial charge in [-0.05, 0) is 31.2 Å². The van der Waals surface area contributed by atoms with Gasteiger partial charge in [0.15, 0.2) is 4.96 Å². The highest BCUT2D eigenvalue weighted by molar-refractivity contribution is 7.15. The SMILES string of the molecule is NCC1(Cc2cn3ccsc3n2)CCCCCC1. The minimum atomic E-state index is 0.306. The van der Waals surface area contributed by atoms with Crippen LogP contribution in [0.3, 0.4) is 0 Å². The van der Waals surface area contributed by atoms with Gasteiger partial charge in [0.05, 0.1) is 5.69 Å². The molecule has 0 bridgehead atoms. The van der Waals surface area contributed by atoms with Crippen molar-refractivity contribution in [1.29, 1.82) is 0 Å². The molecule has 2 N–H and O–H groups in total. The minimum absolute atomic E-state index is 0.306. The number of fused-ring (bicyclic) bond motifs is 1. The summed E-state index contributed by atoms with van der Waals surface area (Å²) in [5.74, 6) is 0. The molecule has 18 heavy (non-hydrogen) atoms. The maximum Gasteiger partial charge on any atom is 0.193 e. The van der Waals surface area contributed by atoms with Gasteiger partial charge in [0.25, 0.3) is 0 Å². The third-order valence-corrected chi connectivity index (χ3v) is 5.07. The normalized spacial score (nSPS) is 20.1. The first-order valence-corrected chi connectivity index (χ1v) is 7.80. The summed E-state index contributed by atoms with van der Waals surface area (Å²) < 4.78 is 2.13. The van der Waals surface area contributed by atoms with E-state index in [0.29, 0.717) is 5.41 Å². The summed E-state index contributed by atoms with van der Waals surface area (Å²) in [5, 5.41) is 2.08. The predicted octanol–water partition coefficient (Wildman–Crippen LogP) is 3.24. The van der Waals surface area contributed by atoms with Crippen molar-refractivity contribution in [3.05, 3.63) is 23.5 Å². The Morgan fingerprint density at radius 2 is 2.06 bits per heavy atom. The van der Waals surface area contributed by atoms with Crippen LogP contribution in [-0.4, -0.2) is 15.9 Å². The van der Waals surface area contributed by atoms with Gasteiger partial charge in [-0.1, -0.05) is 25.7 Å². The van der Waals surface area contributed by atoms with Crippen molar-refractivity contribution in [2.24, 2.45) is 11.1 Å². The second-order valence-corrected chi connectivity index (χ2v) is 6.49. The molecule has 0 atom stereocenters. The van der Waals surface area contributed by atoms with Gasteiger partial charge in [-0.3, -0.25) is 4.40 Å². The molecule has 0 radical (unpaired) electrons. The maximum absolute atomic E-state index is 6.09. The molecule has 2 heterocycles. The first-order valence-electron chi connectivity index (χ1n) is 6.93. The van der Waals surface area contributed by atoms with E-state index >= 15 is 0 Å². The van der Waals surface area contributed by atoms with Gasteiger partial charge >= 0.3 is 0 Å². The Labute approximate surface area is 112 Å². The first-order chi connectivity index (χ1) is 8.81. The summed E-state index contributed by atoms with van der Waals surface area (Å²) >= 11 is 1.70. The molecule has 0 amide bonds. The molecule has 0 spiro atoms. The quantitative estimate of drug-likeness (QED) is 0.864. The Hall–Kier alpha value is -0.870. The Bertz CT molecular complexity index is 477. The van der Waals surface area contributed by atoms with Gasteiger partial charge in [0.2, 0.25) is 0 Å². The molecule has 0 saturated heterocycles. The molecule has 98 valence electrons. The molecular weight excluding hydrogens is 242 g/mol. The van der Waals surface area contributed by atoms with Gasteiger partial charge in [-0.15, -0.1) is 11.3 Å². The van der Waals surface area contributed by atoms with Crippen molar-refractivity contribution >= 4 is 16.3 Å². The average Bonchev–Trinajstić information content (AvgIpc) is 2.85. The number of rotatable bonds is 3. The summed E-state index contributed by atoms with van der Waals surface area (Å²) in [6, 6.07) is 0. The van der Waals surface area contributed by atoms with E-state index in [4.69, 9.17) is 10.7 Å². The molecule has 1 aliphatic rings. The van der Waals surface area contributed by atoms with Crippen LogP contribution in [0.25, 0.3) is 4.96 Å². The smallest absolute Gasteiger partial charge is 0.193 e. The largest absolute Gasteiger partial charge is 0.330 e. The fraction of sp³-hybridized carbons (Fsp3) is 0.643. The molecule has 1 saturated carbocycles. The molecule has 0 aliphatic heterocycles. The molecule has 2 aromatic rings.